The van der Waals surface area contributed by atoms with Gasteiger partial charge in [-0.3, -0.25) is 4.79 Å². The highest BCUT2D eigenvalue weighted by atomic mass is 35.5. The van der Waals surface area contributed by atoms with Crippen LogP contribution >= 0.6 is 11.6 Å². The second-order valence-corrected chi connectivity index (χ2v) is 4.70. The summed E-state index contributed by atoms with van der Waals surface area (Å²) in [5, 5.41) is 3.20. The quantitative estimate of drug-likeness (QED) is 0.795. The third kappa shape index (κ3) is 2.93. The van der Waals surface area contributed by atoms with Crippen LogP contribution in [0.1, 0.15) is 19.5 Å². The summed E-state index contributed by atoms with van der Waals surface area (Å²) in [7, 11) is 0. The third-order valence-electron chi connectivity index (χ3n) is 2.43. The lowest BCUT2D eigenvalue weighted by molar-refractivity contribution is -0.123. The van der Waals surface area contributed by atoms with Crippen molar-refractivity contribution >= 4 is 23.2 Å². The molecule has 0 bridgehead atoms. The molecule has 0 unspecified atom stereocenters. The van der Waals surface area contributed by atoms with E-state index in [0.717, 1.165) is 0 Å². The SMILES string of the molecule is Cc1nc(Cl)ccc1NC(=O)C(C)(C)CN. The summed E-state index contributed by atoms with van der Waals surface area (Å²) >= 11 is 5.73. The zero-order valence-electron chi connectivity index (χ0n) is 9.67. The van der Waals surface area contributed by atoms with Crippen LogP contribution in [0.4, 0.5) is 5.69 Å². The first-order valence-corrected chi connectivity index (χ1v) is 5.39. The summed E-state index contributed by atoms with van der Waals surface area (Å²) in [6, 6.07) is 3.37. The summed E-state index contributed by atoms with van der Waals surface area (Å²) in [5.74, 6) is -0.123. The van der Waals surface area contributed by atoms with Crippen molar-refractivity contribution in [3.63, 3.8) is 0 Å². The molecule has 0 saturated carbocycles. The van der Waals surface area contributed by atoms with Gasteiger partial charge in [-0.15, -0.1) is 0 Å². The Labute approximate surface area is 100 Å². The molecule has 0 atom stereocenters. The molecule has 5 heteroatoms. The summed E-state index contributed by atoms with van der Waals surface area (Å²) in [6.07, 6.45) is 0. The second kappa shape index (κ2) is 4.80. The highest BCUT2D eigenvalue weighted by Crippen LogP contribution is 2.20. The number of nitrogens with two attached hydrogens (primary N) is 1. The number of anilines is 1. The average Bonchev–Trinajstić information content (AvgIpc) is 2.22. The lowest BCUT2D eigenvalue weighted by Gasteiger charge is -2.21. The number of nitrogens with zero attached hydrogens (tertiary/aromatic N) is 1. The number of aromatic nitrogens is 1. The van der Waals surface area contributed by atoms with Crippen molar-refractivity contribution in [2.75, 3.05) is 11.9 Å². The van der Waals surface area contributed by atoms with Crippen molar-refractivity contribution in [2.45, 2.75) is 20.8 Å². The lowest BCUT2D eigenvalue weighted by atomic mass is 9.92. The van der Waals surface area contributed by atoms with E-state index in [0.29, 0.717) is 23.1 Å². The first-order valence-electron chi connectivity index (χ1n) is 5.01. The molecule has 0 aliphatic rings. The van der Waals surface area contributed by atoms with Crippen molar-refractivity contribution in [3.8, 4) is 0 Å². The first kappa shape index (κ1) is 12.9. The minimum atomic E-state index is -0.591. The third-order valence-corrected chi connectivity index (χ3v) is 2.64. The Morgan fingerprint density at radius 2 is 2.19 bits per heavy atom. The Bertz CT molecular complexity index is 404. The van der Waals surface area contributed by atoms with E-state index in [1.165, 1.54) is 0 Å². The topological polar surface area (TPSA) is 68.0 Å². The molecule has 88 valence electrons. The molecule has 3 N–H and O–H groups in total. The maximum Gasteiger partial charge on any atom is 0.231 e. The van der Waals surface area contributed by atoms with E-state index in [1.807, 2.05) is 0 Å². The van der Waals surface area contributed by atoms with Crippen molar-refractivity contribution < 1.29 is 4.79 Å². The number of hydrogen-bond acceptors (Lipinski definition) is 3. The number of amides is 1. The monoisotopic (exact) mass is 241 g/mol. The van der Waals surface area contributed by atoms with E-state index in [4.69, 9.17) is 17.3 Å². The number of rotatable bonds is 3. The number of hydrogen-bond donors (Lipinski definition) is 2. The molecule has 1 amide bonds. The predicted molar refractivity (Wildman–Crippen MR) is 65.4 cm³/mol. The van der Waals surface area contributed by atoms with Gasteiger partial charge >= 0.3 is 0 Å². The molecular formula is C11H16ClN3O. The maximum atomic E-state index is 11.9. The zero-order valence-corrected chi connectivity index (χ0v) is 10.4. The molecule has 0 saturated heterocycles. The average molecular weight is 242 g/mol. The van der Waals surface area contributed by atoms with E-state index >= 15 is 0 Å². The fraction of sp³-hybridized carbons (Fsp3) is 0.455. The van der Waals surface area contributed by atoms with Gasteiger partial charge in [0.05, 0.1) is 16.8 Å². The van der Waals surface area contributed by atoms with Gasteiger partial charge in [0.2, 0.25) is 5.91 Å². The van der Waals surface area contributed by atoms with Crippen LogP contribution in [-0.2, 0) is 4.79 Å². The normalized spacial score (nSPS) is 11.3. The molecule has 0 radical (unpaired) electrons. The van der Waals surface area contributed by atoms with Crippen LogP contribution in [0.3, 0.4) is 0 Å². The second-order valence-electron chi connectivity index (χ2n) is 4.31. The largest absolute Gasteiger partial charge is 0.329 e. The number of carbonyl (C=O) groups excluding carboxylic acids is 1. The summed E-state index contributed by atoms with van der Waals surface area (Å²) < 4.78 is 0. The van der Waals surface area contributed by atoms with Gasteiger partial charge in [0.15, 0.2) is 0 Å². The minimum Gasteiger partial charge on any atom is -0.329 e. The summed E-state index contributed by atoms with van der Waals surface area (Å²) in [6.45, 7) is 5.66. The van der Waals surface area contributed by atoms with Gasteiger partial charge in [-0.2, -0.15) is 0 Å². The zero-order chi connectivity index (χ0) is 12.3. The van der Waals surface area contributed by atoms with Crippen LogP contribution in [0.5, 0.6) is 0 Å². The molecule has 1 aromatic heterocycles. The fourth-order valence-corrected chi connectivity index (χ4v) is 1.24. The lowest BCUT2D eigenvalue weighted by Crippen LogP contribution is -2.37. The van der Waals surface area contributed by atoms with Crippen LogP contribution in [0.2, 0.25) is 5.15 Å². The van der Waals surface area contributed by atoms with Crippen LogP contribution in [0.15, 0.2) is 12.1 Å². The molecule has 0 aromatic carbocycles. The summed E-state index contributed by atoms with van der Waals surface area (Å²) in [4.78, 5) is 15.9. The van der Waals surface area contributed by atoms with Gasteiger partial charge in [0, 0.05) is 6.54 Å². The molecule has 4 nitrogen and oxygen atoms in total. The standard InChI is InChI=1S/C11H16ClN3O/c1-7-8(4-5-9(12)14-7)15-10(16)11(2,3)6-13/h4-5H,6,13H2,1-3H3,(H,15,16). The molecule has 0 spiro atoms. The predicted octanol–water partition coefficient (Wildman–Crippen LogP) is 1.97. The van der Waals surface area contributed by atoms with Crippen LogP contribution in [0, 0.1) is 12.3 Å². The van der Waals surface area contributed by atoms with Crippen molar-refractivity contribution in [1.29, 1.82) is 0 Å². The first-order chi connectivity index (χ1) is 7.36. The molecule has 1 aromatic rings. The van der Waals surface area contributed by atoms with Crippen LogP contribution < -0.4 is 11.1 Å². The van der Waals surface area contributed by atoms with E-state index in [1.54, 1.807) is 32.9 Å². The Morgan fingerprint density at radius 1 is 1.56 bits per heavy atom. The fourth-order valence-electron chi connectivity index (χ4n) is 1.05. The number of nitrogens with one attached hydrogen (secondary N) is 1. The van der Waals surface area contributed by atoms with Crippen LogP contribution in [0.25, 0.3) is 0 Å². The number of pyridine rings is 1. The van der Waals surface area contributed by atoms with Gasteiger partial charge < -0.3 is 11.1 Å². The Morgan fingerprint density at radius 3 is 2.69 bits per heavy atom. The summed E-state index contributed by atoms with van der Waals surface area (Å²) in [5.41, 5.74) is 6.29. The van der Waals surface area contributed by atoms with Gasteiger partial charge in [-0.25, -0.2) is 4.98 Å². The van der Waals surface area contributed by atoms with Gasteiger partial charge in [0.25, 0.3) is 0 Å². The van der Waals surface area contributed by atoms with Crippen molar-refractivity contribution in [1.82, 2.24) is 4.98 Å². The smallest absolute Gasteiger partial charge is 0.231 e. The number of carbonyl (C=O) groups is 1. The van der Waals surface area contributed by atoms with E-state index in [2.05, 4.69) is 10.3 Å². The Hall–Kier alpha value is -1.13. The molecular weight excluding hydrogens is 226 g/mol. The molecule has 1 rings (SSSR count). The van der Waals surface area contributed by atoms with Gasteiger partial charge in [0.1, 0.15) is 5.15 Å². The molecule has 0 aliphatic heterocycles. The molecule has 0 aliphatic carbocycles. The maximum absolute atomic E-state index is 11.9. The molecule has 1 heterocycles. The van der Waals surface area contributed by atoms with E-state index in [9.17, 15) is 4.79 Å². The van der Waals surface area contributed by atoms with Gasteiger partial charge in [-0.05, 0) is 32.9 Å². The van der Waals surface area contributed by atoms with Crippen molar-refractivity contribution in [3.05, 3.63) is 23.0 Å². The highest BCUT2D eigenvalue weighted by molar-refractivity contribution is 6.29. The van der Waals surface area contributed by atoms with E-state index < -0.39 is 5.41 Å². The molecule has 16 heavy (non-hydrogen) atoms. The van der Waals surface area contributed by atoms with Crippen molar-refractivity contribution in [2.24, 2.45) is 11.1 Å². The van der Waals surface area contributed by atoms with Crippen LogP contribution in [-0.4, -0.2) is 17.4 Å². The molecule has 0 fully saturated rings. The highest BCUT2D eigenvalue weighted by Gasteiger charge is 2.26. The minimum absolute atomic E-state index is 0.123. The van der Waals surface area contributed by atoms with E-state index in [-0.39, 0.29) is 5.91 Å². The number of aryl methyl sites for hydroxylation is 1. The number of halogens is 1. The Kier molecular flexibility index (Phi) is 3.88. The van der Waals surface area contributed by atoms with Gasteiger partial charge in [-0.1, -0.05) is 11.6 Å². The Balaban J connectivity index is 2.85.